The molecule has 8 heteroatoms. The third-order valence-electron chi connectivity index (χ3n) is 4.55. The summed E-state index contributed by atoms with van der Waals surface area (Å²) in [5.41, 5.74) is 0.304. The first-order valence-electron chi connectivity index (χ1n) is 8.40. The minimum atomic E-state index is -3.62. The van der Waals surface area contributed by atoms with Crippen molar-refractivity contribution in [2.45, 2.75) is 56.5 Å². The molecule has 3 atom stereocenters. The van der Waals surface area contributed by atoms with Gasteiger partial charge in [0.1, 0.15) is 0 Å². The molecule has 0 radical (unpaired) electrons. The predicted molar refractivity (Wildman–Crippen MR) is 92.7 cm³/mol. The number of aliphatic carboxylic acids is 1. The summed E-state index contributed by atoms with van der Waals surface area (Å²) in [7, 11) is -3.62. The second kappa shape index (κ2) is 7.97. The average Bonchev–Trinajstić information content (AvgIpc) is 3.02. The van der Waals surface area contributed by atoms with Crippen LogP contribution in [-0.4, -0.2) is 37.5 Å². The van der Waals surface area contributed by atoms with Crippen molar-refractivity contribution in [1.82, 2.24) is 10.0 Å². The maximum atomic E-state index is 12.3. The lowest BCUT2D eigenvalue weighted by Gasteiger charge is -2.17. The van der Waals surface area contributed by atoms with Gasteiger partial charge in [0.05, 0.1) is 10.8 Å². The van der Waals surface area contributed by atoms with Crippen molar-refractivity contribution in [1.29, 1.82) is 0 Å². The normalized spacial score (nSPS) is 21.7. The lowest BCUT2D eigenvalue weighted by Crippen LogP contribution is -2.40. The van der Waals surface area contributed by atoms with E-state index in [0.29, 0.717) is 24.8 Å². The Bertz CT molecular complexity index is 730. The fourth-order valence-corrected chi connectivity index (χ4v) is 4.21. The molecule has 0 aromatic heterocycles. The summed E-state index contributed by atoms with van der Waals surface area (Å²) in [6, 6.07) is 5.06. The molecular formula is C17H24N2O5S. The lowest BCUT2D eigenvalue weighted by molar-refractivity contribution is -0.142. The third-order valence-corrected chi connectivity index (χ3v) is 6.15. The van der Waals surface area contributed by atoms with Crippen LogP contribution in [0.25, 0.3) is 0 Å². The van der Waals surface area contributed by atoms with Crippen LogP contribution in [0.5, 0.6) is 0 Å². The van der Waals surface area contributed by atoms with E-state index >= 15 is 0 Å². The molecule has 3 N–H and O–H groups in total. The molecule has 1 aliphatic rings. The van der Waals surface area contributed by atoms with Gasteiger partial charge < -0.3 is 10.4 Å². The van der Waals surface area contributed by atoms with Gasteiger partial charge in [0.25, 0.3) is 5.91 Å². The van der Waals surface area contributed by atoms with E-state index in [1.54, 1.807) is 6.92 Å². The maximum absolute atomic E-state index is 12.3. The molecule has 0 bridgehead atoms. The van der Waals surface area contributed by atoms with Crippen molar-refractivity contribution in [3.05, 3.63) is 29.8 Å². The molecule has 1 fully saturated rings. The Kier molecular flexibility index (Phi) is 6.18. The van der Waals surface area contributed by atoms with E-state index in [1.807, 2.05) is 6.92 Å². The van der Waals surface area contributed by atoms with Crippen LogP contribution in [-0.2, 0) is 14.8 Å². The zero-order valence-corrected chi connectivity index (χ0v) is 15.2. The van der Waals surface area contributed by atoms with E-state index in [4.69, 9.17) is 5.11 Å². The van der Waals surface area contributed by atoms with Gasteiger partial charge in [-0.3, -0.25) is 9.59 Å². The Morgan fingerprint density at radius 1 is 1.24 bits per heavy atom. The number of amides is 1. The summed E-state index contributed by atoms with van der Waals surface area (Å²) in [6.07, 6.45) is 2.62. The van der Waals surface area contributed by atoms with E-state index in [9.17, 15) is 18.0 Å². The Morgan fingerprint density at radius 2 is 1.88 bits per heavy atom. The van der Waals surface area contributed by atoms with Crippen molar-refractivity contribution in [3.8, 4) is 0 Å². The van der Waals surface area contributed by atoms with Gasteiger partial charge in [-0.2, -0.15) is 0 Å². The van der Waals surface area contributed by atoms with Crippen molar-refractivity contribution in [2.24, 2.45) is 5.92 Å². The number of sulfonamides is 1. The molecule has 1 unspecified atom stereocenters. The van der Waals surface area contributed by atoms with Gasteiger partial charge in [-0.25, -0.2) is 13.1 Å². The number of hydrogen-bond donors (Lipinski definition) is 3. The monoisotopic (exact) mass is 368 g/mol. The van der Waals surface area contributed by atoms with Gasteiger partial charge in [-0.1, -0.05) is 13.3 Å². The van der Waals surface area contributed by atoms with E-state index in [2.05, 4.69) is 10.0 Å². The van der Waals surface area contributed by atoms with Crippen LogP contribution in [0.1, 0.15) is 49.9 Å². The maximum Gasteiger partial charge on any atom is 0.308 e. The van der Waals surface area contributed by atoms with E-state index in [1.165, 1.54) is 24.3 Å². The molecular weight excluding hydrogens is 344 g/mol. The van der Waals surface area contributed by atoms with Gasteiger partial charge in [-0.15, -0.1) is 0 Å². The highest BCUT2D eigenvalue weighted by Gasteiger charge is 2.34. The van der Waals surface area contributed by atoms with Gasteiger partial charge >= 0.3 is 5.97 Å². The highest BCUT2D eigenvalue weighted by Crippen LogP contribution is 2.26. The molecule has 7 nitrogen and oxygen atoms in total. The van der Waals surface area contributed by atoms with Crippen molar-refractivity contribution in [3.63, 3.8) is 0 Å². The molecule has 1 saturated carbocycles. The average molecular weight is 368 g/mol. The Hall–Kier alpha value is -1.93. The second-order valence-corrected chi connectivity index (χ2v) is 8.12. The number of nitrogens with one attached hydrogen (secondary N) is 2. The van der Waals surface area contributed by atoms with Crippen LogP contribution in [0.3, 0.4) is 0 Å². The highest BCUT2D eigenvalue weighted by atomic mass is 32.2. The third kappa shape index (κ3) is 4.79. The molecule has 1 aliphatic carbocycles. The number of carboxylic acids is 1. The smallest absolute Gasteiger partial charge is 0.308 e. The molecule has 25 heavy (non-hydrogen) atoms. The van der Waals surface area contributed by atoms with Crippen LogP contribution >= 0.6 is 0 Å². The first kappa shape index (κ1) is 19.4. The lowest BCUT2D eigenvalue weighted by atomic mass is 10.0. The molecule has 1 amide bonds. The van der Waals surface area contributed by atoms with Gasteiger partial charge in [0, 0.05) is 17.6 Å². The van der Waals surface area contributed by atoms with Crippen molar-refractivity contribution < 1.29 is 23.1 Å². The molecule has 1 aromatic rings. The fraction of sp³-hybridized carbons (Fsp3) is 0.529. The topological polar surface area (TPSA) is 113 Å². The van der Waals surface area contributed by atoms with Crippen LogP contribution in [0, 0.1) is 5.92 Å². The zero-order chi connectivity index (χ0) is 18.6. The highest BCUT2D eigenvalue weighted by molar-refractivity contribution is 7.89. The first-order valence-corrected chi connectivity index (χ1v) is 9.89. The Labute approximate surface area is 147 Å². The summed E-state index contributed by atoms with van der Waals surface area (Å²) in [6.45, 7) is 3.66. The minimum Gasteiger partial charge on any atom is -0.481 e. The molecule has 0 spiro atoms. The summed E-state index contributed by atoms with van der Waals surface area (Å²) in [4.78, 5) is 23.5. The summed E-state index contributed by atoms with van der Waals surface area (Å²) in [5, 5.41) is 11.9. The quantitative estimate of drug-likeness (QED) is 0.679. The standard InChI is InChI=1S/C17H24N2O5S/c1-3-11(2)19-25(23,24)13-9-7-12(8-10-13)16(20)18-15-6-4-5-14(15)17(21)22/h7-11,14-15,19H,3-6H2,1-2H3,(H,18,20)(H,21,22)/t11?,14-,15+/m0/s1. The van der Waals surface area contributed by atoms with Crippen LogP contribution < -0.4 is 10.0 Å². The zero-order valence-electron chi connectivity index (χ0n) is 14.4. The van der Waals surface area contributed by atoms with Crippen molar-refractivity contribution in [2.75, 3.05) is 0 Å². The number of rotatable bonds is 7. The number of benzene rings is 1. The van der Waals surface area contributed by atoms with Gasteiger partial charge in [0.2, 0.25) is 10.0 Å². The van der Waals surface area contributed by atoms with Crippen molar-refractivity contribution >= 4 is 21.9 Å². The largest absolute Gasteiger partial charge is 0.481 e. The summed E-state index contributed by atoms with van der Waals surface area (Å²) < 4.78 is 27.0. The second-order valence-electron chi connectivity index (χ2n) is 6.41. The number of carbonyl (C=O) groups excluding carboxylic acids is 1. The van der Waals surface area contributed by atoms with E-state index in [-0.39, 0.29) is 17.0 Å². The Balaban J connectivity index is 2.06. The van der Waals surface area contributed by atoms with E-state index in [0.717, 1.165) is 6.42 Å². The summed E-state index contributed by atoms with van der Waals surface area (Å²) in [5.74, 6) is -1.86. The molecule has 138 valence electrons. The number of hydrogen-bond acceptors (Lipinski definition) is 4. The minimum absolute atomic E-state index is 0.0913. The molecule has 0 aliphatic heterocycles. The first-order chi connectivity index (χ1) is 11.7. The molecule has 0 heterocycles. The van der Waals surface area contributed by atoms with Crippen LogP contribution in [0.2, 0.25) is 0 Å². The van der Waals surface area contributed by atoms with E-state index < -0.39 is 27.8 Å². The number of carboxylic acid groups (broad SMARTS) is 1. The van der Waals surface area contributed by atoms with Gasteiger partial charge in [0.15, 0.2) is 0 Å². The molecule has 2 rings (SSSR count). The fourth-order valence-electron chi connectivity index (χ4n) is 2.88. The Morgan fingerprint density at radius 3 is 2.44 bits per heavy atom. The van der Waals surface area contributed by atoms with Gasteiger partial charge in [-0.05, 0) is 50.5 Å². The SMILES string of the molecule is CCC(C)NS(=O)(=O)c1ccc(C(=O)N[C@@H]2CCC[C@@H]2C(=O)O)cc1. The number of carbonyl (C=O) groups is 2. The van der Waals surface area contributed by atoms with Crippen LogP contribution in [0.4, 0.5) is 0 Å². The molecule has 1 aromatic carbocycles. The summed E-state index contributed by atoms with van der Waals surface area (Å²) >= 11 is 0. The van der Waals surface area contributed by atoms with Crippen LogP contribution in [0.15, 0.2) is 29.2 Å². The molecule has 0 saturated heterocycles. The predicted octanol–water partition coefficient (Wildman–Crippen LogP) is 1.75.